The number of esters is 1. The predicted molar refractivity (Wildman–Crippen MR) is 74.0 cm³/mol. The van der Waals surface area contributed by atoms with Gasteiger partial charge in [-0.2, -0.15) is 57.1 Å². The van der Waals surface area contributed by atoms with Gasteiger partial charge in [-0.1, -0.05) is 13.8 Å². The molecule has 0 heterocycles. The van der Waals surface area contributed by atoms with E-state index in [1.807, 2.05) is 0 Å². The quantitative estimate of drug-likeness (QED) is 0.255. The van der Waals surface area contributed by atoms with Gasteiger partial charge in [0.05, 0.1) is 12.4 Å². The van der Waals surface area contributed by atoms with Crippen LogP contribution in [-0.4, -0.2) is 47.9 Å². The minimum absolute atomic E-state index is 0.427. The van der Waals surface area contributed by atoms with Crippen LogP contribution in [0.3, 0.4) is 0 Å². The summed E-state index contributed by atoms with van der Waals surface area (Å²) in [5.74, 6) is -40.6. The number of halogens is 13. The average Bonchev–Trinajstić information content (AvgIpc) is 2.55. The van der Waals surface area contributed by atoms with Crippen LogP contribution in [0.2, 0.25) is 0 Å². The number of ether oxygens (including phenoxy) is 1. The van der Waals surface area contributed by atoms with Crippen molar-refractivity contribution in [1.29, 1.82) is 0 Å². The second-order valence-corrected chi connectivity index (χ2v) is 6.61. The van der Waals surface area contributed by atoms with Gasteiger partial charge in [-0.15, -0.1) is 0 Å². The molecule has 0 saturated carbocycles. The van der Waals surface area contributed by atoms with Crippen LogP contribution in [0.5, 0.6) is 0 Å². The van der Waals surface area contributed by atoms with Gasteiger partial charge in [-0.25, -0.2) is 4.79 Å². The fourth-order valence-electron chi connectivity index (χ4n) is 2.21. The molecule has 4 nitrogen and oxygen atoms in total. The van der Waals surface area contributed by atoms with Gasteiger partial charge < -0.3 is 14.6 Å². The summed E-state index contributed by atoms with van der Waals surface area (Å²) in [7, 11) is 0. The zero-order chi connectivity index (χ0) is 26.1. The van der Waals surface area contributed by atoms with Crippen molar-refractivity contribution in [2.45, 2.75) is 56.2 Å². The molecule has 0 aromatic rings. The third-order valence-corrected chi connectivity index (χ3v) is 3.88. The smallest absolute Gasteiger partial charge is 0.473 e. The normalized spacial score (nSPS) is 15.9. The van der Waals surface area contributed by atoms with Crippen LogP contribution in [0.1, 0.15) is 20.3 Å². The lowest BCUT2D eigenvalue weighted by molar-refractivity contribution is -0.442. The Bertz CT molecular complexity index is 725. The molecule has 0 saturated heterocycles. The van der Waals surface area contributed by atoms with Crippen molar-refractivity contribution in [2.75, 3.05) is 0 Å². The Morgan fingerprint density at radius 2 is 1.22 bits per heavy atom. The third kappa shape index (κ3) is 5.76. The first-order chi connectivity index (χ1) is 13.8. The molecule has 0 bridgehead atoms. The number of carboxylic acids is 1. The molecular weight excluding hydrogens is 491 g/mol. The minimum atomic E-state index is -7.79. The summed E-state index contributed by atoms with van der Waals surface area (Å²) < 4.78 is 177. The van der Waals surface area contributed by atoms with E-state index in [2.05, 4.69) is 4.74 Å². The fraction of sp³-hybridized carbons (Fsp3) is 0.733. The summed E-state index contributed by atoms with van der Waals surface area (Å²) in [5.41, 5.74) is 0. The largest absolute Gasteiger partial charge is 0.545 e. The number of carboxylic acid groups (broad SMARTS) is 1. The first kappa shape index (κ1) is 29.8. The van der Waals surface area contributed by atoms with Gasteiger partial charge in [0.1, 0.15) is 0 Å². The molecule has 0 aromatic heterocycles. The Labute approximate surface area is 170 Å². The second kappa shape index (κ2) is 8.96. The third-order valence-electron chi connectivity index (χ3n) is 3.88. The van der Waals surface area contributed by atoms with Crippen molar-refractivity contribution < 1.29 is 76.5 Å². The maximum absolute atomic E-state index is 14.0. The standard InChI is InChI=1S/C15H13F13O4/c1-6(2)7(5-10(16,17)18)11(19,20)12(21,22)13(23,24)14(25,26)15(27,28)32-9(31)4-3-8(29)30/h3-4,6-7H,5H2,1-2H3,(H,29,30)/p-1. The number of alkyl halides is 13. The molecule has 0 aliphatic heterocycles. The number of carbonyl (C=O) groups is 2. The van der Waals surface area contributed by atoms with Crippen LogP contribution >= 0.6 is 0 Å². The van der Waals surface area contributed by atoms with Gasteiger partial charge in [0.2, 0.25) is 0 Å². The molecule has 0 aliphatic rings. The Morgan fingerprint density at radius 3 is 1.56 bits per heavy atom. The first-order valence-electron chi connectivity index (χ1n) is 7.93. The zero-order valence-electron chi connectivity index (χ0n) is 15.6. The number of hydrogen-bond acceptors (Lipinski definition) is 4. The van der Waals surface area contributed by atoms with Crippen molar-refractivity contribution >= 4 is 11.9 Å². The summed E-state index contributed by atoms with van der Waals surface area (Å²) in [6, 6.07) is 0. The van der Waals surface area contributed by atoms with E-state index in [4.69, 9.17) is 0 Å². The highest BCUT2D eigenvalue weighted by molar-refractivity contribution is 5.90. The van der Waals surface area contributed by atoms with Gasteiger partial charge >= 0.3 is 41.9 Å². The van der Waals surface area contributed by atoms with E-state index in [1.54, 1.807) is 0 Å². The lowest BCUT2D eigenvalue weighted by Crippen LogP contribution is -2.69. The SMILES string of the molecule is CC(C)C(CC(F)(F)F)C(F)(F)C(F)(F)C(F)(F)C(F)(F)C(F)(F)OC(=O)C=CC(=O)[O-]. The molecule has 0 rings (SSSR count). The molecule has 1 unspecified atom stereocenters. The lowest BCUT2D eigenvalue weighted by atomic mass is 9.80. The lowest BCUT2D eigenvalue weighted by Gasteiger charge is -2.42. The molecule has 0 aliphatic carbocycles. The maximum Gasteiger partial charge on any atom is 0.473 e. The van der Waals surface area contributed by atoms with Crippen molar-refractivity contribution in [3.8, 4) is 0 Å². The van der Waals surface area contributed by atoms with Crippen molar-refractivity contribution in [3.63, 3.8) is 0 Å². The molecule has 0 aromatic carbocycles. The monoisotopic (exact) mass is 503 g/mol. The highest BCUT2D eigenvalue weighted by atomic mass is 19.4. The summed E-state index contributed by atoms with van der Waals surface area (Å²) in [4.78, 5) is 20.8. The van der Waals surface area contributed by atoms with E-state index in [-0.39, 0.29) is 0 Å². The van der Waals surface area contributed by atoms with Crippen LogP contribution in [0.4, 0.5) is 57.1 Å². The van der Waals surface area contributed by atoms with Gasteiger partial charge in [0, 0.05) is 12.0 Å². The van der Waals surface area contributed by atoms with Gasteiger partial charge in [0.15, 0.2) is 0 Å². The molecule has 1 atom stereocenters. The first-order valence-corrected chi connectivity index (χ1v) is 7.93. The average molecular weight is 503 g/mol. The van der Waals surface area contributed by atoms with Gasteiger partial charge in [0.25, 0.3) is 0 Å². The van der Waals surface area contributed by atoms with E-state index in [0.29, 0.717) is 13.8 Å². The highest BCUT2D eigenvalue weighted by Gasteiger charge is 2.88. The second-order valence-electron chi connectivity index (χ2n) is 6.61. The van der Waals surface area contributed by atoms with E-state index in [9.17, 15) is 71.8 Å². The number of carbonyl (C=O) groups excluding carboxylic acids is 2. The Kier molecular flexibility index (Phi) is 8.33. The summed E-state index contributed by atoms with van der Waals surface area (Å²) in [5, 5.41) is 9.96. The van der Waals surface area contributed by atoms with Crippen LogP contribution in [0.15, 0.2) is 12.2 Å². The molecule has 0 spiro atoms. The summed E-state index contributed by atoms with van der Waals surface area (Å²) in [6.45, 7) is 0.855. The molecule has 17 heteroatoms. The number of hydrogen-bond donors (Lipinski definition) is 0. The van der Waals surface area contributed by atoms with Crippen molar-refractivity contribution in [3.05, 3.63) is 12.2 Å². The Hall–Kier alpha value is -2.23. The van der Waals surface area contributed by atoms with Crippen LogP contribution < -0.4 is 5.11 Å². The number of aliphatic carboxylic acids is 1. The molecule has 0 amide bonds. The summed E-state index contributed by atoms with van der Waals surface area (Å²) in [6.07, 6.45) is -16.5. The minimum Gasteiger partial charge on any atom is -0.545 e. The van der Waals surface area contributed by atoms with Crippen molar-refractivity contribution in [1.82, 2.24) is 0 Å². The summed E-state index contributed by atoms with van der Waals surface area (Å²) >= 11 is 0. The molecule has 0 radical (unpaired) electrons. The zero-order valence-corrected chi connectivity index (χ0v) is 15.6. The maximum atomic E-state index is 14.0. The van der Waals surface area contributed by atoms with E-state index in [0.717, 1.165) is 0 Å². The molecule has 0 N–H and O–H groups in total. The van der Waals surface area contributed by atoms with Gasteiger partial charge in [-0.3, -0.25) is 0 Å². The van der Waals surface area contributed by atoms with Crippen LogP contribution in [-0.2, 0) is 14.3 Å². The topological polar surface area (TPSA) is 66.4 Å². The van der Waals surface area contributed by atoms with E-state index in [1.165, 1.54) is 0 Å². The van der Waals surface area contributed by atoms with Gasteiger partial charge in [-0.05, 0) is 12.0 Å². The Morgan fingerprint density at radius 1 is 0.781 bits per heavy atom. The van der Waals surface area contributed by atoms with E-state index >= 15 is 0 Å². The van der Waals surface area contributed by atoms with Crippen LogP contribution in [0.25, 0.3) is 0 Å². The number of rotatable bonds is 10. The molecule has 188 valence electrons. The van der Waals surface area contributed by atoms with Crippen molar-refractivity contribution in [2.24, 2.45) is 11.8 Å². The molecular formula is C15H12F13O4-. The highest BCUT2D eigenvalue weighted by Crippen LogP contribution is 2.60. The fourth-order valence-corrected chi connectivity index (χ4v) is 2.21. The van der Waals surface area contributed by atoms with Crippen LogP contribution in [0, 0.1) is 11.8 Å². The molecule has 0 fully saturated rings. The molecule has 32 heavy (non-hydrogen) atoms. The van der Waals surface area contributed by atoms with E-state index < -0.39 is 78.3 Å². The Balaban J connectivity index is 6.34. The predicted octanol–water partition coefficient (Wildman–Crippen LogP) is 4.19.